The lowest BCUT2D eigenvalue weighted by Gasteiger charge is -2.57. The van der Waals surface area contributed by atoms with Crippen LogP contribution in [-0.4, -0.2) is 27.8 Å². The summed E-state index contributed by atoms with van der Waals surface area (Å²) in [4.78, 5) is 32.3. The number of nitrogens with one attached hydrogen (secondary N) is 1. The first kappa shape index (κ1) is 18.5. The molecule has 5 rings (SSSR count). The van der Waals surface area contributed by atoms with Crippen molar-refractivity contribution in [2.24, 2.45) is 11.1 Å². The summed E-state index contributed by atoms with van der Waals surface area (Å²) in [6.45, 7) is 0. The van der Waals surface area contributed by atoms with Gasteiger partial charge in [0.05, 0.1) is 15.2 Å². The molecule has 2 aliphatic rings. The summed E-state index contributed by atoms with van der Waals surface area (Å²) in [6, 6.07) is 9.05. The number of nitrogens with zero attached hydrogens (tertiary/aromatic N) is 2. The highest BCUT2D eigenvalue weighted by atomic mass is 35.5. The second kappa shape index (κ2) is 6.78. The number of thiazole rings is 1. The van der Waals surface area contributed by atoms with Crippen LogP contribution in [0.4, 0.5) is 0 Å². The number of pyridine rings is 1. The van der Waals surface area contributed by atoms with Gasteiger partial charge in [0.25, 0.3) is 11.8 Å². The largest absolute Gasteiger partial charge is 0.364 e. The van der Waals surface area contributed by atoms with Gasteiger partial charge in [-0.25, -0.2) is 4.98 Å². The Morgan fingerprint density at radius 2 is 1.97 bits per heavy atom. The highest BCUT2D eigenvalue weighted by molar-refractivity contribution is 7.18. The molecule has 0 radical (unpaired) electrons. The molecule has 3 N–H and O–H groups in total. The van der Waals surface area contributed by atoms with E-state index in [0.717, 1.165) is 31.2 Å². The van der Waals surface area contributed by atoms with Crippen LogP contribution < -0.4 is 11.1 Å². The van der Waals surface area contributed by atoms with Crippen LogP contribution in [-0.2, 0) is 0 Å². The van der Waals surface area contributed by atoms with E-state index in [9.17, 15) is 9.59 Å². The van der Waals surface area contributed by atoms with Gasteiger partial charge in [-0.05, 0) is 61.4 Å². The Morgan fingerprint density at radius 3 is 2.72 bits per heavy atom. The van der Waals surface area contributed by atoms with E-state index in [1.54, 1.807) is 17.4 Å². The lowest BCUT2D eigenvalue weighted by Crippen LogP contribution is -2.55. The molecule has 0 atom stereocenters. The molecule has 0 bridgehead atoms. The number of hydrogen-bond acceptors (Lipinski definition) is 5. The summed E-state index contributed by atoms with van der Waals surface area (Å²) < 4.78 is 1.18. The van der Waals surface area contributed by atoms with Gasteiger partial charge in [0, 0.05) is 28.7 Å². The van der Waals surface area contributed by atoms with Crippen LogP contribution in [0.3, 0.4) is 0 Å². The number of nitrogens with two attached hydrogens (primary N) is 1. The molecule has 2 fully saturated rings. The zero-order valence-corrected chi connectivity index (χ0v) is 17.1. The molecule has 8 heteroatoms. The van der Waals surface area contributed by atoms with Gasteiger partial charge in [0.1, 0.15) is 5.69 Å². The number of fused-ring (bicyclic) bond motifs is 1. The number of rotatable bonds is 4. The molecule has 1 aromatic carbocycles. The quantitative estimate of drug-likeness (QED) is 0.660. The summed E-state index contributed by atoms with van der Waals surface area (Å²) in [6.07, 6.45) is 5.64. The van der Waals surface area contributed by atoms with Gasteiger partial charge < -0.3 is 11.1 Å². The number of hydrogen-bond donors (Lipinski definition) is 2. The molecule has 0 unspecified atom stereocenters. The van der Waals surface area contributed by atoms with Crippen LogP contribution in [0, 0.1) is 5.41 Å². The lowest BCUT2D eigenvalue weighted by atomic mass is 9.50. The van der Waals surface area contributed by atoms with Crippen LogP contribution in [0.2, 0.25) is 5.02 Å². The molecule has 2 saturated carbocycles. The maximum Gasteiger partial charge on any atom is 0.267 e. The number of amides is 2. The summed E-state index contributed by atoms with van der Waals surface area (Å²) in [5, 5.41) is 4.97. The minimum absolute atomic E-state index is 0.0988. The average Bonchev–Trinajstić information content (AvgIpc) is 3.04. The average molecular weight is 427 g/mol. The van der Waals surface area contributed by atoms with Crippen molar-refractivity contribution in [3.63, 3.8) is 0 Å². The smallest absolute Gasteiger partial charge is 0.267 e. The normalized spacial score (nSPS) is 25.4. The van der Waals surface area contributed by atoms with E-state index in [-0.39, 0.29) is 17.6 Å². The molecule has 6 nitrogen and oxygen atoms in total. The van der Waals surface area contributed by atoms with Crippen LogP contribution in [0.15, 0.2) is 36.5 Å². The van der Waals surface area contributed by atoms with Crippen molar-refractivity contribution in [1.29, 1.82) is 0 Å². The predicted molar refractivity (Wildman–Crippen MR) is 112 cm³/mol. The maximum absolute atomic E-state index is 12.4. The highest BCUT2D eigenvalue weighted by Crippen LogP contribution is 2.62. The molecule has 0 aliphatic heterocycles. The zero-order valence-electron chi connectivity index (χ0n) is 15.5. The third-order valence-corrected chi connectivity index (χ3v) is 7.48. The molecule has 0 saturated heterocycles. The van der Waals surface area contributed by atoms with E-state index >= 15 is 0 Å². The van der Waals surface area contributed by atoms with Crippen LogP contribution >= 0.6 is 22.9 Å². The topological polar surface area (TPSA) is 98.0 Å². The predicted octanol–water partition coefficient (Wildman–Crippen LogP) is 3.90. The molecule has 29 heavy (non-hydrogen) atoms. The zero-order chi connectivity index (χ0) is 20.2. The third kappa shape index (κ3) is 3.38. The molecule has 2 amide bonds. The Hall–Kier alpha value is -2.51. The Balaban J connectivity index is 1.17. The first-order valence-corrected chi connectivity index (χ1v) is 10.7. The Morgan fingerprint density at radius 1 is 1.17 bits per heavy atom. The van der Waals surface area contributed by atoms with Gasteiger partial charge in [0.15, 0.2) is 0 Å². The van der Waals surface area contributed by atoms with Crippen molar-refractivity contribution in [2.45, 2.75) is 37.6 Å². The fourth-order valence-corrected chi connectivity index (χ4v) is 5.86. The molecule has 2 heterocycles. The Labute approximate surface area is 176 Å². The molecular weight excluding hydrogens is 408 g/mol. The first-order valence-electron chi connectivity index (χ1n) is 9.54. The third-order valence-electron chi connectivity index (χ3n) is 6.04. The van der Waals surface area contributed by atoms with E-state index in [4.69, 9.17) is 22.3 Å². The van der Waals surface area contributed by atoms with Crippen molar-refractivity contribution in [3.05, 3.63) is 57.8 Å². The number of carbonyl (C=O) groups excluding carboxylic acids is 2. The van der Waals surface area contributed by atoms with E-state index in [1.165, 1.54) is 22.0 Å². The molecule has 1 spiro atoms. The second-order valence-electron chi connectivity index (χ2n) is 8.14. The van der Waals surface area contributed by atoms with Gasteiger partial charge in [-0.2, -0.15) is 0 Å². The van der Waals surface area contributed by atoms with Crippen molar-refractivity contribution in [2.75, 3.05) is 0 Å². The number of benzene rings is 1. The Kier molecular flexibility index (Phi) is 4.33. The lowest BCUT2D eigenvalue weighted by molar-refractivity contribution is -0.0187. The fourth-order valence-electron chi connectivity index (χ4n) is 4.65. The van der Waals surface area contributed by atoms with Crippen molar-refractivity contribution < 1.29 is 9.59 Å². The van der Waals surface area contributed by atoms with Crippen LogP contribution in [0.25, 0.3) is 10.2 Å². The fraction of sp³-hybridized carbons (Fsp3) is 0.333. The highest BCUT2D eigenvalue weighted by Gasteiger charge is 2.54. The van der Waals surface area contributed by atoms with E-state index in [0.29, 0.717) is 21.9 Å². The first-order chi connectivity index (χ1) is 13.9. The van der Waals surface area contributed by atoms with E-state index < -0.39 is 5.91 Å². The summed E-state index contributed by atoms with van der Waals surface area (Å²) in [7, 11) is 0. The van der Waals surface area contributed by atoms with Gasteiger partial charge in [-0.15, -0.1) is 11.3 Å². The minimum Gasteiger partial charge on any atom is -0.364 e. The van der Waals surface area contributed by atoms with Gasteiger partial charge in [-0.3, -0.25) is 14.6 Å². The van der Waals surface area contributed by atoms with E-state index in [2.05, 4.69) is 10.3 Å². The second-order valence-corrected chi connectivity index (χ2v) is 9.64. The number of aromatic nitrogens is 2. The van der Waals surface area contributed by atoms with Crippen molar-refractivity contribution in [3.8, 4) is 0 Å². The van der Waals surface area contributed by atoms with Crippen molar-refractivity contribution >= 4 is 45.0 Å². The molecule has 3 aromatic rings. The SMILES string of the molecule is NC(=O)c1cc(C(=O)N[C@H]2CC3(C2)C[C@H](c2nc4cc(Cl)ccc4s2)C3)ccn1. The van der Waals surface area contributed by atoms with Crippen molar-refractivity contribution in [1.82, 2.24) is 15.3 Å². The maximum atomic E-state index is 12.4. The molecule has 2 aromatic heterocycles. The van der Waals surface area contributed by atoms with E-state index in [1.807, 2.05) is 18.2 Å². The summed E-state index contributed by atoms with van der Waals surface area (Å²) in [5.41, 5.74) is 7.05. The number of primary amides is 1. The molecule has 148 valence electrons. The molecular formula is C21H19ClN4O2S. The standard InChI is InChI=1S/C21H19ClN4O2S/c22-13-1-2-17-15(6-13)26-20(29-17)12-7-21(8-12)9-14(10-21)25-19(28)11-3-4-24-16(5-11)18(23)27/h1-6,12,14H,7-10H2,(H2,23,27)(H,25,28)/t12-,14-,21?. The summed E-state index contributed by atoms with van der Waals surface area (Å²) in [5.74, 6) is -0.324. The van der Waals surface area contributed by atoms with Gasteiger partial charge in [0.2, 0.25) is 0 Å². The van der Waals surface area contributed by atoms with Crippen LogP contribution in [0.1, 0.15) is 57.5 Å². The monoisotopic (exact) mass is 426 g/mol. The summed E-state index contributed by atoms with van der Waals surface area (Å²) >= 11 is 7.82. The van der Waals surface area contributed by atoms with Crippen LogP contribution in [0.5, 0.6) is 0 Å². The molecule has 2 aliphatic carbocycles. The Bertz CT molecular complexity index is 1130. The minimum atomic E-state index is -0.639. The number of halogens is 1. The van der Waals surface area contributed by atoms with Gasteiger partial charge in [-0.1, -0.05) is 11.6 Å². The number of carbonyl (C=O) groups is 2. The van der Waals surface area contributed by atoms with Gasteiger partial charge >= 0.3 is 0 Å².